The number of nitriles is 2. The van der Waals surface area contributed by atoms with Crippen molar-refractivity contribution in [1.29, 1.82) is 10.5 Å². The van der Waals surface area contributed by atoms with Gasteiger partial charge in [0.25, 0.3) is 0 Å². The van der Waals surface area contributed by atoms with Gasteiger partial charge >= 0.3 is 0 Å². The minimum atomic E-state index is -0.955. The second-order valence-electron chi connectivity index (χ2n) is 3.73. The van der Waals surface area contributed by atoms with E-state index in [1.807, 2.05) is 6.07 Å². The molecule has 1 aromatic rings. The number of nitrogens with zero attached hydrogens (tertiary/aromatic N) is 2. The van der Waals surface area contributed by atoms with Crippen LogP contribution in [0.4, 0.5) is 4.39 Å². The van der Waals surface area contributed by atoms with E-state index in [0.717, 1.165) is 4.47 Å². The van der Waals surface area contributed by atoms with Gasteiger partial charge in [-0.05, 0) is 31.5 Å². The molecule has 0 bridgehead atoms. The van der Waals surface area contributed by atoms with Gasteiger partial charge in [0, 0.05) is 16.5 Å². The molecule has 0 N–H and O–H groups in total. The van der Waals surface area contributed by atoms with Gasteiger partial charge in [-0.1, -0.05) is 15.9 Å². The summed E-state index contributed by atoms with van der Waals surface area (Å²) in [5.41, 5.74) is -0.622. The maximum Gasteiger partial charge on any atom is 0.128 e. The lowest BCUT2D eigenvalue weighted by Gasteiger charge is -2.21. The molecular formula is C12H10BrFN2. The molecule has 16 heavy (non-hydrogen) atoms. The summed E-state index contributed by atoms with van der Waals surface area (Å²) in [5.74, 6) is -0.412. The zero-order chi connectivity index (χ0) is 12.2. The first-order chi connectivity index (χ1) is 7.53. The van der Waals surface area contributed by atoms with Crippen LogP contribution in [-0.4, -0.2) is 0 Å². The number of rotatable bonds is 3. The summed E-state index contributed by atoms with van der Waals surface area (Å²) < 4.78 is 14.3. The molecule has 0 saturated heterocycles. The zero-order valence-corrected chi connectivity index (χ0v) is 10.4. The lowest BCUT2D eigenvalue weighted by atomic mass is 9.80. The Balaban J connectivity index is 3.18. The van der Waals surface area contributed by atoms with Crippen LogP contribution in [0.25, 0.3) is 0 Å². The summed E-state index contributed by atoms with van der Waals surface area (Å²) >= 11 is 3.25. The lowest BCUT2D eigenvalue weighted by Crippen LogP contribution is -2.21. The van der Waals surface area contributed by atoms with Crippen LogP contribution in [-0.2, 0) is 5.41 Å². The number of hydrogen-bond acceptors (Lipinski definition) is 2. The van der Waals surface area contributed by atoms with Gasteiger partial charge in [-0.3, -0.25) is 0 Å². The number of benzene rings is 1. The third-order valence-corrected chi connectivity index (χ3v) is 3.00. The Hall–Kier alpha value is -1.39. The predicted molar refractivity (Wildman–Crippen MR) is 61.9 cm³/mol. The lowest BCUT2D eigenvalue weighted by molar-refractivity contribution is 0.511. The Bertz CT molecular complexity index is 473. The first kappa shape index (κ1) is 12.7. The highest BCUT2D eigenvalue weighted by Gasteiger charge is 2.29. The van der Waals surface area contributed by atoms with Crippen LogP contribution in [0, 0.1) is 28.5 Å². The molecule has 0 heterocycles. The molecular weight excluding hydrogens is 271 g/mol. The molecule has 2 nitrogen and oxygen atoms in total. The summed E-state index contributed by atoms with van der Waals surface area (Å²) in [7, 11) is 0. The molecule has 82 valence electrons. The van der Waals surface area contributed by atoms with Crippen LogP contribution in [0.5, 0.6) is 0 Å². The van der Waals surface area contributed by atoms with Crippen LogP contribution in [0.1, 0.15) is 25.3 Å². The summed E-state index contributed by atoms with van der Waals surface area (Å²) in [6.45, 7) is 1.65. The van der Waals surface area contributed by atoms with E-state index in [-0.39, 0.29) is 6.42 Å². The largest absolute Gasteiger partial charge is 0.207 e. The van der Waals surface area contributed by atoms with E-state index in [1.54, 1.807) is 19.1 Å². The Morgan fingerprint density at radius 1 is 1.44 bits per heavy atom. The van der Waals surface area contributed by atoms with E-state index in [2.05, 4.69) is 22.0 Å². The maximum absolute atomic E-state index is 13.6. The molecule has 1 aromatic carbocycles. The Morgan fingerprint density at radius 3 is 2.69 bits per heavy atom. The molecule has 4 heteroatoms. The molecule has 0 amide bonds. The van der Waals surface area contributed by atoms with Crippen molar-refractivity contribution in [3.63, 3.8) is 0 Å². The van der Waals surface area contributed by atoms with E-state index in [4.69, 9.17) is 10.5 Å². The van der Waals surface area contributed by atoms with E-state index in [0.29, 0.717) is 12.0 Å². The molecule has 0 aromatic heterocycles. The van der Waals surface area contributed by atoms with Crippen LogP contribution in [0.15, 0.2) is 22.7 Å². The first-order valence-corrected chi connectivity index (χ1v) is 5.56. The van der Waals surface area contributed by atoms with Crippen molar-refractivity contribution in [2.75, 3.05) is 0 Å². The van der Waals surface area contributed by atoms with Gasteiger partial charge in [-0.2, -0.15) is 10.5 Å². The monoisotopic (exact) mass is 280 g/mol. The molecule has 1 rings (SSSR count). The highest BCUT2D eigenvalue weighted by molar-refractivity contribution is 9.10. The summed E-state index contributed by atoms with van der Waals surface area (Å²) in [5, 5.41) is 17.7. The number of halogens is 2. The molecule has 1 atom stereocenters. The summed E-state index contributed by atoms with van der Waals surface area (Å²) in [6.07, 6.45) is 0.559. The molecule has 0 aliphatic heterocycles. The molecule has 0 spiro atoms. The van der Waals surface area contributed by atoms with Gasteiger partial charge in [-0.15, -0.1) is 0 Å². The topological polar surface area (TPSA) is 47.6 Å². The Labute approximate surface area is 102 Å². The normalized spacial score (nSPS) is 13.6. The quantitative estimate of drug-likeness (QED) is 0.848. The van der Waals surface area contributed by atoms with Crippen molar-refractivity contribution in [2.45, 2.75) is 25.2 Å². The molecule has 0 aliphatic carbocycles. The van der Waals surface area contributed by atoms with Crippen molar-refractivity contribution >= 4 is 15.9 Å². The molecule has 0 aliphatic rings. The highest BCUT2D eigenvalue weighted by atomic mass is 79.9. The highest BCUT2D eigenvalue weighted by Crippen LogP contribution is 2.32. The third-order valence-electron chi connectivity index (χ3n) is 2.51. The standard InChI is InChI=1S/C12H10BrFN2/c1-12(8-16,5-2-6-15)10-7-9(13)3-4-11(10)14/h3-4,7H,2,5H2,1H3. The molecule has 0 radical (unpaired) electrons. The van der Waals surface area contributed by atoms with Crippen LogP contribution >= 0.6 is 15.9 Å². The minimum Gasteiger partial charge on any atom is -0.207 e. The second-order valence-corrected chi connectivity index (χ2v) is 4.64. The third kappa shape index (κ3) is 2.59. The fraction of sp³-hybridized carbons (Fsp3) is 0.333. The van der Waals surface area contributed by atoms with Crippen LogP contribution in [0.3, 0.4) is 0 Å². The van der Waals surface area contributed by atoms with Gasteiger partial charge in [-0.25, -0.2) is 4.39 Å². The van der Waals surface area contributed by atoms with Gasteiger partial charge in [0.1, 0.15) is 5.82 Å². The van der Waals surface area contributed by atoms with Crippen molar-refractivity contribution in [3.8, 4) is 12.1 Å². The van der Waals surface area contributed by atoms with Gasteiger partial charge in [0.2, 0.25) is 0 Å². The average molecular weight is 281 g/mol. The summed E-state index contributed by atoms with van der Waals surface area (Å²) in [4.78, 5) is 0. The first-order valence-electron chi connectivity index (χ1n) is 4.77. The fourth-order valence-electron chi connectivity index (χ4n) is 1.48. The molecule has 0 fully saturated rings. The number of hydrogen-bond donors (Lipinski definition) is 0. The minimum absolute atomic E-state index is 0.232. The van der Waals surface area contributed by atoms with Gasteiger partial charge in [0.05, 0.1) is 17.6 Å². The molecule has 0 saturated carbocycles. The fourth-order valence-corrected chi connectivity index (χ4v) is 1.84. The predicted octanol–water partition coefficient (Wildman–Crippen LogP) is 3.67. The van der Waals surface area contributed by atoms with E-state index in [9.17, 15) is 4.39 Å². The van der Waals surface area contributed by atoms with Crippen molar-refractivity contribution in [1.82, 2.24) is 0 Å². The van der Waals surface area contributed by atoms with Crippen LogP contribution < -0.4 is 0 Å². The SMILES string of the molecule is CC(C#N)(CCC#N)c1cc(Br)ccc1F. The van der Waals surface area contributed by atoms with E-state index in [1.165, 1.54) is 6.07 Å². The van der Waals surface area contributed by atoms with Crippen LogP contribution in [0.2, 0.25) is 0 Å². The van der Waals surface area contributed by atoms with Gasteiger partial charge in [0.15, 0.2) is 0 Å². The van der Waals surface area contributed by atoms with E-state index >= 15 is 0 Å². The van der Waals surface area contributed by atoms with Crippen molar-refractivity contribution in [3.05, 3.63) is 34.1 Å². The smallest absolute Gasteiger partial charge is 0.128 e. The van der Waals surface area contributed by atoms with Crippen molar-refractivity contribution < 1.29 is 4.39 Å². The molecule has 1 unspecified atom stereocenters. The Kier molecular flexibility index (Phi) is 4.04. The van der Waals surface area contributed by atoms with Gasteiger partial charge < -0.3 is 0 Å². The van der Waals surface area contributed by atoms with Crippen molar-refractivity contribution in [2.24, 2.45) is 0 Å². The maximum atomic E-state index is 13.6. The van der Waals surface area contributed by atoms with E-state index < -0.39 is 11.2 Å². The average Bonchev–Trinajstić information content (AvgIpc) is 2.29. The second kappa shape index (κ2) is 5.09. The zero-order valence-electron chi connectivity index (χ0n) is 8.80. The summed E-state index contributed by atoms with van der Waals surface area (Å²) in [6, 6.07) is 8.56. The Morgan fingerprint density at radius 2 is 2.12 bits per heavy atom.